The third-order valence-electron chi connectivity index (χ3n) is 6.89. The van der Waals surface area contributed by atoms with Gasteiger partial charge in [-0.2, -0.15) is 0 Å². The molecule has 2 aromatic rings. The molecule has 3 rings (SSSR count). The molecule has 0 aliphatic carbocycles. The third kappa shape index (κ3) is 9.07. The Morgan fingerprint density at radius 2 is 1.88 bits per heavy atom. The smallest absolute Gasteiger partial charge is 0.413 e. The van der Waals surface area contributed by atoms with Gasteiger partial charge in [-0.05, 0) is 41.7 Å². The number of ketones is 1. The Balaban J connectivity index is 1.71. The molecule has 2 N–H and O–H groups in total. The maximum atomic E-state index is 13.8. The standard InChI is InChI=1S/C32H40N2O7/c1-6-22-13-14-23(28(19-22)40-18-10-17-39-5)15-16-27(36)26-20-24(35)21-34(26)30(37)29(32(2,3)4)33-31(38)41-25-11-8-7-9-12-25/h1,7-9,11-14,19,24,26,29,35H,10,15-18,20-21H2,2-5H3,(H,33,38)/t24-,26+,29-/m1/s1. The molecule has 0 spiro atoms. The lowest BCUT2D eigenvalue weighted by Gasteiger charge is -2.35. The summed E-state index contributed by atoms with van der Waals surface area (Å²) in [7, 11) is 1.63. The quantitative estimate of drug-likeness (QED) is 0.298. The molecular weight excluding hydrogens is 524 g/mol. The highest BCUT2D eigenvalue weighted by Crippen LogP contribution is 2.28. The van der Waals surface area contributed by atoms with Crippen LogP contribution in [0.5, 0.6) is 11.5 Å². The summed E-state index contributed by atoms with van der Waals surface area (Å²) in [6.45, 7) is 6.45. The van der Waals surface area contributed by atoms with E-state index in [0.717, 1.165) is 5.56 Å². The number of nitrogens with one attached hydrogen (secondary N) is 1. The van der Waals surface area contributed by atoms with Gasteiger partial charge in [0.25, 0.3) is 0 Å². The first-order chi connectivity index (χ1) is 19.5. The van der Waals surface area contributed by atoms with E-state index in [1.807, 2.05) is 26.8 Å². The zero-order chi connectivity index (χ0) is 30.0. The van der Waals surface area contributed by atoms with Gasteiger partial charge in [-0.25, -0.2) is 4.79 Å². The van der Waals surface area contributed by atoms with Crippen molar-refractivity contribution < 1.29 is 33.7 Å². The SMILES string of the molecule is C#Cc1ccc(CCC(=O)[C@@H]2C[C@@H](O)CN2C(=O)[C@@H](NC(=O)Oc2ccccc2)C(C)(C)C)c(OCCCOC)c1. The van der Waals surface area contributed by atoms with Crippen molar-refractivity contribution in [1.82, 2.24) is 10.2 Å². The largest absolute Gasteiger partial charge is 0.493 e. The Hall–Kier alpha value is -3.87. The normalized spacial score (nSPS) is 17.4. The Kier molecular flexibility index (Phi) is 11.3. The number of aliphatic hydroxyl groups is 1. The van der Waals surface area contributed by atoms with Crippen LogP contribution in [-0.4, -0.2) is 72.8 Å². The predicted octanol–water partition coefficient (Wildman–Crippen LogP) is 3.75. The van der Waals surface area contributed by atoms with Gasteiger partial charge in [-0.1, -0.05) is 51.0 Å². The fourth-order valence-corrected chi connectivity index (χ4v) is 4.72. The molecule has 2 aromatic carbocycles. The van der Waals surface area contributed by atoms with E-state index in [9.17, 15) is 19.5 Å². The van der Waals surface area contributed by atoms with E-state index in [1.54, 1.807) is 49.6 Å². The molecule has 0 unspecified atom stereocenters. The zero-order valence-corrected chi connectivity index (χ0v) is 24.2. The van der Waals surface area contributed by atoms with Gasteiger partial charge in [0.1, 0.15) is 17.5 Å². The number of amides is 2. The summed E-state index contributed by atoms with van der Waals surface area (Å²) in [5.74, 6) is 2.92. The number of carbonyl (C=O) groups excluding carboxylic acids is 3. The van der Waals surface area contributed by atoms with Crippen LogP contribution in [0.3, 0.4) is 0 Å². The summed E-state index contributed by atoms with van der Waals surface area (Å²) in [5, 5.41) is 13.1. The first-order valence-corrected chi connectivity index (χ1v) is 13.8. The van der Waals surface area contributed by atoms with E-state index >= 15 is 0 Å². The van der Waals surface area contributed by atoms with Gasteiger partial charge >= 0.3 is 6.09 Å². The average molecular weight is 565 g/mol. The lowest BCUT2D eigenvalue weighted by atomic mass is 9.85. The number of nitrogens with zero attached hydrogens (tertiary/aromatic N) is 1. The molecule has 0 saturated carbocycles. The van der Waals surface area contributed by atoms with Gasteiger partial charge in [-0.3, -0.25) is 9.59 Å². The van der Waals surface area contributed by atoms with Crippen LogP contribution >= 0.6 is 0 Å². The topological polar surface area (TPSA) is 114 Å². The zero-order valence-electron chi connectivity index (χ0n) is 24.2. The van der Waals surface area contributed by atoms with E-state index in [0.29, 0.717) is 43.1 Å². The van der Waals surface area contributed by atoms with E-state index in [1.165, 1.54) is 4.90 Å². The Morgan fingerprint density at radius 3 is 2.54 bits per heavy atom. The average Bonchev–Trinajstić information content (AvgIpc) is 3.34. The molecule has 0 aromatic heterocycles. The van der Waals surface area contributed by atoms with E-state index < -0.39 is 35.6 Å². The van der Waals surface area contributed by atoms with Gasteiger partial charge in [0.05, 0.1) is 18.8 Å². The summed E-state index contributed by atoms with van der Waals surface area (Å²) in [6.07, 6.45) is 5.27. The number of carbonyl (C=O) groups is 3. The van der Waals surface area contributed by atoms with Gasteiger partial charge in [-0.15, -0.1) is 6.42 Å². The van der Waals surface area contributed by atoms with Crippen LogP contribution in [0.25, 0.3) is 0 Å². The summed E-state index contributed by atoms with van der Waals surface area (Å²) < 4.78 is 16.3. The van der Waals surface area contributed by atoms with Crippen LogP contribution in [-0.2, 0) is 20.7 Å². The number of ether oxygens (including phenoxy) is 3. The number of aryl methyl sites for hydroxylation is 1. The highest BCUT2D eigenvalue weighted by molar-refractivity contribution is 5.93. The van der Waals surface area contributed by atoms with E-state index in [2.05, 4.69) is 11.2 Å². The van der Waals surface area contributed by atoms with Crippen molar-refractivity contribution in [2.45, 2.75) is 64.6 Å². The highest BCUT2D eigenvalue weighted by Gasteiger charge is 2.44. The highest BCUT2D eigenvalue weighted by atomic mass is 16.6. The molecule has 1 heterocycles. The second kappa shape index (κ2) is 14.7. The minimum absolute atomic E-state index is 0.00194. The Morgan fingerprint density at radius 1 is 1.15 bits per heavy atom. The van der Waals surface area contributed by atoms with Gasteiger partial charge in [0.15, 0.2) is 5.78 Å². The van der Waals surface area contributed by atoms with Crippen molar-refractivity contribution in [1.29, 1.82) is 0 Å². The number of methoxy groups -OCH3 is 1. The van der Waals surface area contributed by atoms with Crippen molar-refractivity contribution in [2.75, 3.05) is 26.9 Å². The number of benzene rings is 2. The minimum Gasteiger partial charge on any atom is -0.493 e. The number of rotatable bonds is 12. The molecule has 3 atom stereocenters. The molecule has 1 saturated heterocycles. The van der Waals surface area contributed by atoms with Crippen LogP contribution in [0.1, 0.15) is 51.2 Å². The minimum atomic E-state index is -0.984. The fraction of sp³-hybridized carbons (Fsp3) is 0.469. The number of Topliss-reactive ketones (excluding diaryl/α,β-unsaturated/α-hetero) is 1. The maximum Gasteiger partial charge on any atom is 0.413 e. The van der Waals surface area contributed by atoms with Crippen molar-refractivity contribution >= 4 is 17.8 Å². The molecule has 0 radical (unpaired) electrons. The summed E-state index contributed by atoms with van der Waals surface area (Å²) in [5.41, 5.74) is 0.801. The molecular formula is C32H40N2O7. The molecule has 2 amide bonds. The number of para-hydroxylation sites is 1. The molecule has 1 aliphatic rings. The van der Waals surface area contributed by atoms with Crippen molar-refractivity contribution in [3.05, 3.63) is 59.7 Å². The van der Waals surface area contributed by atoms with Crippen molar-refractivity contribution in [2.24, 2.45) is 5.41 Å². The van der Waals surface area contributed by atoms with Gasteiger partial charge in [0.2, 0.25) is 5.91 Å². The number of hydrogen-bond acceptors (Lipinski definition) is 7. The van der Waals surface area contributed by atoms with Crippen molar-refractivity contribution in [3.63, 3.8) is 0 Å². The first kappa shape index (κ1) is 31.7. The molecule has 1 fully saturated rings. The molecule has 1 aliphatic heterocycles. The fourth-order valence-electron chi connectivity index (χ4n) is 4.72. The first-order valence-electron chi connectivity index (χ1n) is 13.8. The summed E-state index contributed by atoms with van der Waals surface area (Å²) >= 11 is 0. The van der Waals surface area contributed by atoms with Crippen LogP contribution in [0.4, 0.5) is 4.79 Å². The van der Waals surface area contributed by atoms with Gasteiger partial charge in [0, 0.05) is 45.1 Å². The summed E-state index contributed by atoms with van der Waals surface area (Å²) in [6, 6.07) is 12.1. The lowest BCUT2D eigenvalue weighted by molar-refractivity contribution is -0.141. The van der Waals surface area contributed by atoms with E-state index in [4.69, 9.17) is 20.6 Å². The van der Waals surface area contributed by atoms with Crippen LogP contribution < -0.4 is 14.8 Å². The number of terminal acetylenes is 1. The molecule has 9 nitrogen and oxygen atoms in total. The van der Waals surface area contributed by atoms with Gasteiger partial charge < -0.3 is 29.5 Å². The molecule has 0 bridgehead atoms. The second-order valence-electron chi connectivity index (χ2n) is 11.2. The number of β-amino-alcohol motifs (C(OH)–C–C–N with tert-alkyl or cyclic N) is 1. The monoisotopic (exact) mass is 564 g/mol. The van der Waals surface area contributed by atoms with E-state index in [-0.39, 0.29) is 25.2 Å². The summed E-state index contributed by atoms with van der Waals surface area (Å²) in [4.78, 5) is 41.2. The Bertz CT molecular complexity index is 1230. The molecule has 41 heavy (non-hydrogen) atoms. The van der Waals surface area contributed by atoms with Crippen molar-refractivity contribution in [3.8, 4) is 23.8 Å². The third-order valence-corrected chi connectivity index (χ3v) is 6.89. The maximum absolute atomic E-state index is 13.8. The Labute approximate surface area is 242 Å². The second-order valence-corrected chi connectivity index (χ2v) is 11.2. The van der Waals surface area contributed by atoms with Crippen LogP contribution in [0, 0.1) is 17.8 Å². The molecule has 9 heteroatoms. The predicted molar refractivity (Wildman–Crippen MR) is 155 cm³/mol. The number of likely N-dealkylation sites (tertiary alicyclic amines) is 1. The molecule has 220 valence electrons. The number of aliphatic hydroxyl groups excluding tert-OH is 1. The van der Waals surface area contributed by atoms with Crippen LogP contribution in [0.2, 0.25) is 0 Å². The van der Waals surface area contributed by atoms with Crippen LogP contribution in [0.15, 0.2) is 48.5 Å². The number of hydrogen-bond donors (Lipinski definition) is 2. The lowest BCUT2D eigenvalue weighted by Crippen LogP contribution is -2.57.